The van der Waals surface area contributed by atoms with Gasteiger partial charge in [0.05, 0.1) is 10.6 Å². The average molecular weight is 394 g/mol. The van der Waals surface area contributed by atoms with E-state index in [9.17, 15) is 13.2 Å². The number of hydrogen-bond acceptors (Lipinski definition) is 3. The van der Waals surface area contributed by atoms with Crippen LogP contribution in [0, 0.1) is 13.8 Å². The van der Waals surface area contributed by atoms with Gasteiger partial charge in [0.2, 0.25) is 0 Å². The first-order valence-corrected chi connectivity index (χ1v) is 10.2. The molecule has 0 aliphatic rings. The zero-order chi connectivity index (χ0) is 20.3. The van der Waals surface area contributed by atoms with Crippen LogP contribution >= 0.6 is 0 Å². The first kappa shape index (κ1) is 19.6. The van der Waals surface area contributed by atoms with Gasteiger partial charge in [-0.05, 0) is 73.5 Å². The van der Waals surface area contributed by atoms with Gasteiger partial charge in [0.25, 0.3) is 15.9 Å². The predicted octanol–water partition coefficient (Wildman–Crippen LogP) is 4.38. The highest BCUT2D eigenvalue weighted by atomic mass is 32.2. The monoisotopic (exact) mass is 394 g/mol. The second kappa shape index (κ2) is 7.86. The van der Waals surface area contributed by atoms with E-state index in [0.717, 1.165) is 16.8 Å². The highest BCUT2D eigenvalue weighted by Crippen LogP contribution is 2.23. The van der Waals surface area contributed by atoms with Crippen LogP contribution in [0.1, 0.15) is 21.5 Å². The van der Waals surface area contributed by atoms with E-state index in [0.29, 0.717) is 11.3 Å². The Morgan fingerprint density at radius 2 is 1.43 bits per heavy atom. The maximum Gasteiger partial charge on any atom is 0.264 e. The molecule has 0 unspecified atom stereocenters. The Bertz CT molecular complexity index is 1070. The number of sulfonamides is 1. The third-order valence-electron chi connectivity index (χ3n) is 4.37. The first-order chi connectivity index (χ1) is 13.3. The van der Waals surface area contributed by atoms with Crippen LogP contribution in [-0.4, -0.2) is 21.4 Å². The van der Waals surface area contributed by atoms with Crippen LogP contribution in [0.4, 0.5) is 11.4 Å². The van der Waals surface area contributed by atoms with Gasteiger partial charge in [-0.1, -0.05) is 24.3 Å². The highest BCUT2D eigenvalue weighted by Gasteiger charge is 2.21. The molecule has 0 heterocycles. The maximum absolute atomic E-state index is 12.7. The molecule has 1 N–H and O–H groups in total. The summed E-state index contributed by atoms with van der Waals surface area (Å²) in [6.07, 6.45) is 0. The summed E-state index contributed by atoms with van der Waals surface area (Å²) < 4.78 is 26.6. The summed E-state index contributed by atoms with van der Waals surface area (Å²) in [7, 11) is -2.16. The number of hydrogen-bond donors (Lipinski definition) is 1. The molecule has 0 fully saturated rings. The van der Waals surface area contributed by atoms with E-state index in [1.54, 1.807) is 54.6 Å². The zero-order valence-electron chi connectivity index (χ0n) is 16.0. The molecule has 0 radical (unpaired) electrons. The number of rotatable bonds is 5. The molecular weight excluding hydrogens is 372 g/mol. The number of carbonyl (C=O) groups excluding carboxylic acids is 1. The second-order valence-corrected chi connectivity index (χ2v) is 8.63. The molecule has 0 aliphatic carbocycles. The second-order valence-electron chi connectivity index (χ2n) is 6.66. The van der Waals surface area contributed by atoms with Gasteiger partial charge in [0, 0.05) is 18.3 Å². The van der Waals surface area contributed by atoms with Gasteiger partial charge in [-0.15, -0.1) is 0 Å². The minimum Gasteiger partial charge on any atom is -0.322 e. The molecule has 3 aromatic carbocycles. The molecule has 0 spiro atoms. The van der Waals surface area contributed by atoms with Crippen LogP contribution in [0.25, 0.3) is 0 Å². The topological polar surface area (TPSA) is 66.5 Å². The molecule has 6 heteroatoms. The van der Waals surface area contributed by atoms with Crippen molar-refractivity contribution in [3.05, 3.63) is 89.5 Å². The first-order valence-electron chi connectivity index (χ1n) is 8.81. The number of aryl methyl sites for hydroxylation is 2. The highest BCUT2D eigenvalue weighted by molar-refractivity contribution is 7.92. The summed E-state index contributed by atoms with van der Waals surface area (Å²) in [5.41, 5.74) is 3.80. The standard InChI is InChI=1S/C22H22N2O3S/c1-16-13-17(2)15-19(14-16)23-22(25)18-9-11-20(12-10-18)24(3)28(26,27)21-7-5-4-6-8-21/h4-15H,1-3H3,(H,23,25). The van der Waals surface area contributed by atoms with Gasteiger partial charge in [-0.2, -0.15) is 0 Å². The van der Waals surface area contributed by atoms with Crippen molar-refractivity contribution in [2.45, 2.75) is 18.7 Å². The molecule has 0 aliphatic heterocycles. The average Bonchev–Trinajstić information content (AvgIpc) is 2.67. The molecule has 144 valence electrons. The van der Waals surface area contributed by atoms with E-state index in [2.05, 4.69) is 5.32 Å². The minimum atomic E-state index is -3.65. The molecule has 1 amide bonds. The van der Waals surface area contributed by atoms with Crippen LogP contribution in [0.15, 0.2) is 77.7 Å². The Balaban J connectivity index is 1.78. The van der Waals surface area contributed by atoms with Crippen molar-refractivity contribution in [1.29, 1.82) is 0 Å². The van der Waals surface area contributed by atoms with Crippen LogP contribution in [0.2, 0.25) is 0 Å². The summed E-state index contributed by atoms with van der Waals surface area (Å²) in [6.45, 7) is 3.95. The lowest BCUT2D eigenvalue weighted by atomic mass is 10.1. The number of carbonyl (C=O) groups is 1. The van der Waals surface area contributed by atoms with Gasteiger partial charge in [0.1, 0.15) is 0 Å². The van der Waals surface area contributed by atoms with Crippen LogP contribution < -0.4 is 9.62 Å². The Morgan fingerprint density at radius 1 is 0.857 bits per heavy atom. The number of benzene rings is 3. The minimum absolute atomic E-state index is 0.217. The summed E-state index contributed by atoms with van der Waals surface area (Å²) >= 11 is 0. The quantitative estimate of drug-likeness (QED) is 0.698. The van der Waals surface area contributed by atoms with Gasteiger partial charge < -0.3 is 5.32 Å². The summed E-state index contributed by atoms with van der Waals surface area (Å²) in [6, 6.07) is 20.5. The molecule has 3 aromatic rings. The van der Waals surface area contributed by atoms with Crippen molar-refractivity contribution >= 4 is 27.3 Å². The molecule has 0 atom stereocenters. The van der Waals surface area contributed by atoms with Crippen LogP contribution in [-0.2, 0) is 10.0 Å². The summed E-state index contributed by atoms with van der Waals surface area (Å²) in [4.78, 5) is 12.7. The smallest absolute Gasteiger partial charge is 0.264 e. The van der Waals surface area contributed by atoms with Crippen molar-refractivity contribution in [3.8, 4) is 0 Å². The Hall–Kier alpha value is -3.12. The van der Waals surface area contributed by atoms with Crippen molar-refractivity contribution in [3.63, 3.8) is 0 Å². The Kier molecular flexibility index (Phi) is 5.51. The SMILES string of the molecule is Cc1cc(C)cc(NC(=O)c2ccc(N(C)S(=O)(=O)c3ccccc3)cc2)c1. The molecule has 0 saturated carbocycles. The predicted molar refractivity (Wildman–Crippen MR) is 112 cm³/mol. The fourth-order valence-electron chi connectivity index (χ4n) is 2.96. The fraction of sp³-hybridized carbons (Fsp3) is 0.136. The largest absolute Gasteiger partial charge is 0.322 e. The maximum atomic E-state index is 12.7. The lowest BCUT2D eigenvalue weighted by molar-refractivity contribution is 0.102. The van der Waals surface area contributed by atoms with Gasteiger partial charge in [-0.25, -0.2) is 8.42 Å². The number of amides is 1. The Morgan fingerprint density at radius 3 is 2.00 bits per heavy atom. The molecular formula is C22H22N2O3S. The van der Waals surface area contributed by atoms with E-state index >= 15 is 0 Å². The number of nitrogens with one attached hydrogen (secondary N) is 1. The number of nitrogens with zero attached hydrogens (tertiary/aromatic N) is 1. The summed E-state index contributed by atoms with van der Waals surface area (Å²) in [5, 5.41) is 2.87. The van der Waals surface area contributed by atoms with E-state index in [4.69, 9.17) is 0 Å². The van der Waals surface area contributed by atoms with Crippen molar-refractivity contribution < 1.29 is 13.2 Å². The van der Waals surface area contributed by atoms with Crippen LogP contribution in [0.3, 0.4) is 0 Å². The van der Waals surface area contributed by atoms with Crippen molar-refractivity contribution in [2.75, 3.05) is 16.7 Å². The molecule has 3 rings (SSSR count). The Labute approximate surface area is 165 Å². The molecule has 0 bridgehead atoms. The van der Waals surface area contributed by atoms with E-state index < -0.39 is 10.0 Å². The zero-order valence-corrected chi connectivity index (χ0v) is 16.8. The molecule has 0 aromatic heterocycles. The lowest BCUT2D eigenvalue weighted by Gasteiger charge is -2.19. The number of anilines is 2. The third kappa shape index (κ3) is 4.23. The normalized spacial score (nSPS) is 11.1. The van der Waals surface area contributed by atoms with Crippen LogP contribution in [0.5, 0.6) is 0 Å². The fourth-order valence-corrected chi connectivity index (χ4v) is 4.18. The van der Waals surface area contributed by atoms with Gasteiger partial charge in [-0.3, -0.25) is 9.10 Å². The molecule has 0 saturated heterocycles. The summed E-state index contributed by atoms with van der Waals surface area (Å²) in [5.74, 6) is -0.245. The van der Waals surface area contributed by atoms with E-state index in [1.165, 1.54) is 11.4 Å². The van der Waals surface area contributed by atoms with Crippen molar-refractivity contribution in [1.82, 2.24) is 0 Å². The van der Waals surface area contributed by atoms with Gasteiger partial charge in [0.15, 0.2) is 0 Å². The van der Waals surface area contributed by atoms with Crippen molar-refractivity contribution in [2.24, 2.45) is 0 Å². The van der Waals surface area contributed by atoms with Gasteiger partial charge >= 0.3 is 0 Å². The van der Waals surface area contributed by atoms with E-state index in [1.807, 2.05) is 32.0 Å². The lowest BCUT2D eigenvalue weighted by Crippen LogP contribution is -2.26. The molecule has 5 nitrogen and oxygen atoms in total. The molecule has 28 heavy (non-hydrogen) atoms. The van der Waals surface area contributed by atoms with E-state index in [-0.39, 0.29) is 10.8 Å². The third-order valence-corrected chi connectivity index (χ3v) is 6.17.